The molecule has 0 bridgehead atoms. The van der Waals surface area contributed by atoms with E-state index in [9.17, 15) is 4.39 Å². The van der Waals surface area contributed by atoms with Crippen LogP contribution < -0.4 is 10.1 Å². The Balaban J connectivity index is 1.69. The average molecular weight is 299 g/mol. The highest BCUT2D eigenvalue weighted by Gasteiger charge is 2.09. The van der Waals surface area contributed by atoms with E-state index in [2.05, 4.69) is 15.5 Å². The van der Waals surface area contributed by atoms with E-state index in [1.165, 1.54) is 12.1 Å². The SMILES string of the molecule is COc1cccc(-c2noc(NCc3ccc(F)cc3)n2)c1. The van der Waals surface area contributed by atoms with Gasteiger partial charge in [-0.25, -0.2) is 4.39 Å². The Morgan fingerprint density at radius 1 is 1.18 bits per heavy atom. The molecule has 2 aromatic carbocycles. The normalized spacial score (nSPS) is 10.5. The molecule has 6 heteroatoms. The van der Waals surface area contributed by atoms with Crippen molar-refractivity contribution in [2.24, 2.45) is 0 Å². The van der Waals surface area contributed by atoms with Gasteiger partial charge in [-0.3, -0.25) is 0 Å². The molecule has 0 unspecified atom stereocenters. The maximum absolute atomic E-state index is 12.8. The van der Waals surface area contributed by atoms with E-state index < -0.39 is 0 Å². The van der Waals surface area contributed by atoms with Crippen molar-refractivity contribution in [2.75, 3.05) is 12.4 Å². The quantitative estimate of drug-likeness (QED) is 0.781. The molecule has 0 fully saturated rings. The second-order valence-electron chi connectivity index (χ2n) is 4.64. The summed E-state index contributed by atoms with van der Waals surface area (Å²) >= 11 is 0. The number of benzene rings is 2. The highest BCUT2D eigenvalue weighted by atomic mass is 19.1. The Hall–Kier alpha value is -2.89. The van der Waals surface area contributed by atoms with Crippen LogP contribution in [-0.2, 0) is 6.54 Å². The van der Waals surface area contributed by atoms with Crippen LogP contribution in [0.4, 0.5) is 10.4 Å². The van der Waals surface area contributed by atoms with E-state index in [0.29, 0.717) is 18.4 Å². The molecule has 0 aliphatic rings. The molecule has 3 aromatic rings. The van der Waals surface area contributed by atoms with Crippen molar-refractivity contribution in [3.05, 3.63) is 59.9 Å². The summed E-state index contributed by atoms with van der Waals surface area (Å²) in [6, 6.07) is 13.9. The van der Waals surface area contributed by atoms with Crippen LogP contribution in [0, 0.1) is 5.82 Å². The highest BCUT2D eigenvalue weighted by molar-refractivity contribution is 5.57. The number of hydrogen-bond acceptors (Lipinski definition) is 5. The van der Waals surface area contributed by atoms with Crippen LogP contribution in [0.5, 0.6) is 5.75 Å². The van der Waals surface area contributed by atoms with E-state index in [1.54, 1.807) is 19.2 Å². The van der Waals surface area contributed by atoms with E-state index in [1.807, 2.05) is 24.3 Å². The second-order valence-corrected chi connectivity index (χ2v) is 4.64. The smallest absolute Gasteiger partial charge is 0.322 e. The van der Waals surface area contributed by atoms with Gasteiger partial charge in [-0.05, 0) is 29.8 Å². The largest absolute Gasteiger partial charge is 0.497 e. The lowest BCUT2D eigenvalue weighted by Gasteiger charge is -2.01. The fourth-order valence-electron chi connectivity index (χ4n) is 1.95. The molecule has 0 aliphatic heterocycles. The van der Waals surface area contributed by atoms with Gasteiger partial charge in [-0.2, -0.15) is 4.98 Å². The second kappa shape index (κ2) is 6.26. The summed E-state index contributed by atoms with van der Waals surface area (Å²) in [5, 5.41) is 6.93. The lowest BCUT2D eigenvalue weighted by atomic mass is 10.2. The van der Waals surface area contributed by atoms with Crippen molar-refractivity contribution in [1.82, 2.24) is 10.1 Å². The predicted octanol–water partition coefficient (Wildman–Crippen LogP) is 3.50. The molecule has 0 atom stereocenters. The summed E-state index contributed by atoms with van der Waals surface area (Å²) in [5.74, 6) is 0.936. The Kier molecular flexibility index (Phi) is 4.00. The van der Waals surface area contributed by atoms with Gasteiger partial charge in [0.2, 0.25) is 5.82 Å². The summed E-state index contributed by atoms with van der Waals surface area (Å²) in [5.41, 5.74) is 1.72. The van der Waals surface area contributed by atoms with Crippen molar-refractivity contribution in [3.63, 3.8) is 0 Å². The molecule has 3 rings (SSSR count). The molecule has 1 aromatic heterocycles. The number of hydrogen-bond donors (Lipinski definition) is 1. The predicted molar refractivity (Wildman–Crippen MR) is 80.0 cm³/mol. The molecule has 0 amide bonds. The fraction of sp³-hybridized carbons (Fsp3) is 0.125. The van der Waals surface area contributed by atoms with Gasteiger partial charge in [-0.15, -0.1) is 0 Å². The van der Waals surface area contributed by atoms with Crippen LogP contribution in [0.1, 0.15) is 5.56 Å². The van der Waals surface area contributed by atoms with Gasteiger partial charge < -0.3 is 14.6 Å². The summed E-state index contributed by atoms with van der Waals surface area (Å²) in [6.45, 7) is 0.472. The van der Waals surface area contributed by atoms with Gasteiger partial charge in [0, 0.05) is 12.1 Å². The van der Waals surface area contributed by atoms with Crippen LogP contribution in [-0.4, -0.2) is 17.3 Å². The van der Waals surface area contributed by atoms with Gasteiger partial charge in [-0.1, -0.05) is 29.4 Å². The number of rotatable bonds is 5. The van der Waals surface area contributed by atoms with Crippen molar-refractivity contribution in [1.29, 1.82) is 0 Å². The number of methoxy groups -OCH3 is 1. The Morgan fingerprint density at radius 3 is 2.77 bits per heavy atom. The minimum Gasteiger partial charge on any atom is -0.497 e. The van der Waals surface area contributed by atoms with Gasteiger partial charge >= 0.3 is 6.01 Å². The maximum Gasteiger partial charge on any atom is 0.322 e. The van der Waals surface area contributed by atoms with Crippen LogP contribution in [0.3, 0.4) is 0 Å². The molecular weight excluding hydrogens is 285 g/mol. The van der Waals surface area contributed by atoms with E-state index >= 15 is 0 Å². The first-order valence-electron chi connectivity index (χ1n) is 6.71. The van der Waals surface area contributed by atoms with Crippen molar-refractivity contribution in [2.45, 2.75) is 6.54 Å². The first kappa shape index (κ1) is 14.1. The Bertz CT molecular complexity index is 756. The number of anilines is 1. The van der Waals surface area contributed by atoms with Crippen molar-refractivity contribution < 1.29 is 13.7 Å². The van der Waals surface area contributed by atoms with E-state index in [0.717, 1.165) is 16.9 Å². The lowest BCUT2D eigenvalue weighted by Crippen LogP contribution is -1.99. The van der Waals surface area contributed by atoms with Crippen molar-refractivity contribution >= 4 is 6.01 Å². The standard InChI is InChI=1S/C16H14FN3O2/c1-21-14-4-2-3-12(9-14)15-19-16(22-20-15)18-10-11-5-7-13(17)8-6-11/h2-9H,10H2,1H3,(H,18,19,20). The number of nitrogens with one attached hydrogen (secondary N) is 1. The average Bonchev–Trinajstić information content (AvgIpc) is 3.03. The zero-order valence-electron chi connectivity index (χ0n) is 11.9. The topological polar surface area (TPSA) is 60.2 Å². The minimum atomic E-state index is -0.262. The summed E-state index contributed by atoms with van der Waals surface area (Å²) in [7, 11) is 1.60. The monoisotopic (exact) mass is 299 g/mol. The Labute approximate surface area is 126 Å². The molecule has 0 saturated carbocycles. The van der Waals surface area contributed by atoms with Crippen LogP contribution >= 0.6 is 0 Å². The van der Waals surface area contributed by atoms with Gasteiger partial charge in [0.05, 0.1) is 7.11 Å². The molecule has 1 heterocycles. The third-order valence-corrected chi connectivity index (χ3v) is 3.11. The Morgan fingerprint density at radius 2 is 2.00 bits per heavy atom. The summed E-state index contributed by atoms with van der Waals surface area (Å²) < 4.78 is 23.1. The molecular formula is C16H14FN3O2. The van der Waals surface area contributed by atoms with Gasteiger partial charge in [0.15, 0.2) is 0 Å². The molecule has 1 N–H and O–H groups in total. The number of ether oxygens (including phenoxy) is 1. The van der Waals surface area contributed by atoms with Crippen LogP contribution in [0.2, 0.25) is 0 Å². The van der Waals surface area contributed by atoms with Crippen molar-refractivity contribution in [3.8, 4) is 17.1 Å². The fourth-order valence-corrected chi connectivity index (χ4v) is 1.95. The summed E-state index contributed by atoms with van der Waals surface area (Å²) in [4.78, 5) is 4.27. The highest BCUT2D eigenvalue weighted by Crippen LogP contribution is 2.22. The first-order chi connectivity index (χ1) is 10.7. The molecule has 0 radical (unpaired) electrons. The van der Waals surface area contributed by atoms with Gasteiger partial charge in [0.1, 0.15) is 11.6 Å². The maximum atomic E-state index is 12.8. The number of halogens is 1. The zero-order valence-corrected chi connectivity index (χ0v) is 11.9. The molecule has 112 valence electrons. The first-order valence-corrected chi connectivity index (χ1v) is 6.71. The van der Waals surface area contributed by atoms with E-state index in [4.69, 9.17) is 9.26 Å². The van der Waals surface area contributed by atoms with Crippen LogP contribution in [0.25, 0.3) is 11.4 Å². The molecule has 5 nitrogen and oxygen atoms in total. The third kappa shape index (κ3) is 3.22. The molecule has 22 heavy (non-hydrogen) atoms. The van der Waals surface area contributed by atoms with Crippen LogP contribution in [0.15, 0.2) is 53.1 Å². The lowest BCUT2D eigenvalue weighted by molar-refractivity contribution is 0.414. The molecule has 0 saturated heterocycles. The molecule has 0 aliphatic carbocycles. The number of aromatic nitrogens is 2. The van der Waals surface area contributed by atoms with Gasteiger partial charge in [0.25, 0.3) is 0 Å². The zero-order chi connectivity index (χ0) is 15.4. The summed E-state index contributed by atoms with van der Waals surface area (Å²) in [6.07, 6.45) is 0. The third-order valence-electron chi connectivity index (χ3n) is 3.11. The van der Waals surface area contributed by atoms with E-state index in [-0.39, 0.29) is 5.82 Å². The minimum absolute atomic E-state index is 0.262. The number of nitrogens with zero attached hydrogens (tertiary/aromatic N) is 2. The molecule has 0 spiro atoms.